The van der Waals surface area contributed by atoms with Gasteiger partial charge < -0.3 is 5.32 Å². The lowest BCUT2D eigenvalue weighted by Crippen LogP contribution is -2.43. The molecule has 0 radical (unpaired) electrons. The van der Waals surface area contributed by atoms with E-state index in [4.69, 9.17) is 5.21 Å². The lowest BCUT2D eigenvalue weighted by atomic mass is 10.1. The predicted octanol–water partition coefficient (Wildman–Crippen LogP) is 2.83. The van der Waals surface area contributed by atoms with Crippen LogP contribution in [0.5, 0.6) is 0 Å². The number of para-hydroxylation sites is 1. The molecule has 0 saturated carbocycles. The number of amides is 2. The van der Waals surface area contributed by atoms with E-state index in [1.165, 1.54) is 24.3 Å². The summed E-state index contributed by atoms with van der Waals surface area (Å²) in [6.07, 6.45) is 1.84. The first-order valence-corrected chi connectivity index (χ1v) is 11.1. The van der Waals surface area contributed by atoms with Gasteiger partial charge in [0, 0.05) is 12.1 Å². The Morgan fingerprint density at radius 3 is 2.26 bits per heavy atom. The fourth-order valence-electron chi connectivity index (χ4n) is 2.80. The molecule has 31 heavy (non-hydrogen) atoms. The number of carbonyl (C=O) groups is 2. The van der Waals surface area contributed by atoms with Gasteiger partial charge in [-0.1, -0.05) is 31.0 Å². The molecule has 0 aliphatic carbocycles. The molecular formula is C20H24N4O6S. The van der Waals surface area contributed by atoms with E-state index in [9.17, 15) is 22.9 Å². The van der Waals surface area contributed by atoms with Crippen LogP contribution in [0.1, 0.15) is 32.1 Å². The van der Waals surface area contributed by atoms with E-state index in [1.54, 1.807) is 35.8 Å². The number of nitroso groups, excluding NO2 is 1. The Kier molecular flexibility index (Phi) is 9.25. The number of nitrogens with zero attached hydrogens (tertiary/aromatic N) is 1. The van der Waals surface area contributed by atoms with Gasteiger partial charge in [-0.15, -0.1) is 4.91 Å². The molecule has 0 unspecified atom stereocenters. The standard InChI is InChI=1S/C20H24N4O6S/c25-19(23-28)10-6-2-5-9-18(20(26)21-15-7-3-1-4-8-15)24-31(29,30)17-13-11-16(22-27)12-14-17/h1,3-4,7-8,11-14,18,24,28H,2,5-6,9-10H2,(H,21,26)(H,23,25)/t18-/m0/s1. The molecule has 0 bridgehead atoms. The van der Waals surface area contributed by atoms with Crippen molar-refractivity contribution >= 4 is 33.2 Å². The number of benzene rings is 2. The molecule has 2 rings (SSSR count). The van der Waals surface area contributed by atoms with Crippen LogP contribution in [0, 0.1) is 4.91 Å². The molecule has 166 valence electrons. The van der Waals surface area contributed by atoms with Gasteiger partial charge in [0.25, 0.3) is 0 Å². The minimum atomic E-state index is -4.03. The predicted molar refractivity (Wildman–Crippen MR) is 114 cm³/mol. The van der Waals surface area contributed by atoms with E-state index in [-0.39, 0.29) is 23.4 Å². The molecule has 0 saturated heterocycles. The van der Waals surface area contributed by atoms with Crippen LogP contribution in [0.2, 0.25) is 0 Å². The average molecular weight is 449 g/mol. The van der Waals surface area contributed by atoms with Gasteiger partial charge in [0.05, 0.1) is 4.90 Å². The fraction of sp³-hybridized carbons (Fsp3) is 0.300. The second-order valence-electron chi connectivity index (χ2n) is 6.75. The van der Waals surface area contributed by atoms with Crippen molar-refractivity contribution in [1.29, 1.82) is 0 Å². The van der Waals surface area contributed by atoms with Crippen molar-refractivity contribution < 1.29 is 23.2 Å². The summed E-state index contributed by atoms with van der Waals surface area (Å²) in [7, 11) is -4.03. The van der Waals surface area contributed by atoms with Crippen LogP contribution in [-0.4, -0.2) is 31.5 Å². The van der Waals surface area contributed by atoms with E-state index in [1.807, 2.05) is 0 Å². The summed E-state index contributed by atoms with van der Waals surface area (Å²) in [6, 6.07) is 12.6. The maximum absolute atomic E-state index is 12.7. The summed E-state index contributed by atoms with van der Waals surface area (Å²) in [5, 5.41) is 13.9. The van der Waals surface area contributed by atoms with Crippen LogP contribution in [0.15, 0.2) is 64.7 Å². The molecule has 1 atom stereocenters. The van der Waals surface area contributed by atoms with E-state index in [0.29, 0.717) is 24.9 Å². The third kappa shape index (κ3) is 7.89. The quantitative estimate of drug-likeness (QED) is 0.169. The smallest absolute Gasteiger partial charge is 0.243 e. The zero-order chi connectivity index (χ0) is 22.7. The molecule has 2 aromatic carbocycles. The largest absolute Gasteiger partial charge is 0.325 e. The highest BCUT2D eigenvalue weighted by Gasteiger charge is 2.25. The number of unbranched alkanes of at least 4 members (excludes halogenated alkanes) is 2. The van der Waals surface area contributed by atoms with Gasteiger partial charge in [0.2, 0.25) is 21.8 Å². The lowest BCUT2D eigenvalue weighted by Gasteiger charge is -2.19. The van der Waals surface area contributed by atoms with Crippen LogP contribution in [0.25, 0.3) is 0 Å². The normalized spacial score (nSPS) is 12.0. The van der Waals surface area contributed by atoms with Gasteiger partial charge in [-0.25, -0.2) is 13.9 Å². The number of carbonyl (C=O) groups excluding carboxylic acids is 2. The second-order valence-corrected chi connectivity index (χ2v) is 8.46. The van der Waals surface area contributed by atoms with Crippen molar-refractivity contribution in [2.45, 2.75) is 43.0 Å². The second kappa shape index (κ2) is 11.9. The highest BCUT2D eigenvalue weighted by Crippen LogP contribution is 2.18. The lowest BCUT2D eigenvalue weighted by molar-refractivity contribution is -0.129. The van der Waals surface area contributed by atoms with E-state index in [0.717, 1.165) is 0 Å². The number of hydrogen-bond acceptors (Lipinski definition) is 7. The van der Waals surface area contributed by atoms with Gasteiger partial charge in [0.15, 0.2) is 0 Å². The molecule has 0 spiro atoms. The topological polar surface area (TPSA) is 154 Å². The zero-order valence-electron chi connectivity index (χ0n) is 16.7. The van der Waals surface area contributed by atoms with E-state index < -0.39 is 27.9 Å². The highest BCUT2D eigenvalue weighted by molar-refractivity contribution is 7.89. The van der Waals surface area contributed by atoms with Gasteiger partial charge in [-0.05, 0) is 54.4 Å². The summed E-state index contributed by atoms with van der Waals surface area (Å²) in [4.78, 5) is 34.3. The van der Waals surface area contributed by atoms with Crippen molar-refractivity contribution in [2.24, 2.45) is 5.18 Å². The summed E-state index contributed by atoms with van der Waals surface area (Å²) < 4.78 is 27.9. The van der Waals surface area contributed by atoms with Gasteiger partial charge in [-0.2, -0.15) is 4.72 Å². The number of anilines is 1. The Hall–Kier alpha value is -3.15. The monoisotopic (exact) mass is 448 g/mol. The van der Waals surface area contributed by atoms with Crippen LogP contribution < -0.4 is 15.5 Å². The summed E-state index contributed by atoms with van der Waals surface area (Å²) in [6.45, 7) is 0. The molecule has 4 N–H and O–H groups in total. The van der Waals surface area contributed by atoms with Crippen molar-refractivity contribution in [3.8, 4) is 0 Å². The number of sulfonamides is 1. The molecule has 0 heterocycles. The van der Waals surface area contributed by atoms with E-state index in [2.05, 4.69) is 15.2 Å². The molecule has 0 aliphatic heterocycles. The molecule has 10 nitrogen and oxygen atoms in total. The molecule has 11 heteroatoms. The molecule has 0 aromatic heterocycles. The molecule has 0 aliphatic rings. The van der Waals surface area contributed by atoms with Crippen LogP contribution >= 0.6 is 0 Å². The minimum absolute atomic E-state index is 0.0873. The van der Waals surface area contributed by atoms with Crippen molar-refractivity contribution in [2.75, 3.05) is 5.32 Å². The Morgan fingerprint density at radius 1 is 0.968 bits per heavy atom. The number of hydroxylamine groups is 1. The first kappa shape index (κ1) is 24.1. The Balaban J connectivity index is 2.08. The minimum Gasteiger partial charge on any atom is -0.325 e. The first-order valence-electron chi connectivity index (χ1n) is 9.60. The van der Waals surface area contributed by atoms with Crippen LogP contribution in [0.3, 0.4) is 0 Å². The van der Waals surface area contributed by atoms with Crippen molar-refractivity contribution in [1.82, 2.24) is 10.2 Å². The third-order valence-corrected chi connectivity index (χ3v) is 5.92. The SMILES string of the molecule is O=Nc1ccc(S(=O)(=O)N[C@@H](CCCCCC(=O)NO)C(=O)Nc2ccccc2)cc1. The molecule has 2 aromatic rings. The first-order chi connectivity index (χ1) is 14.9. The highest BCUT2D eigenvalue weighted by atomic mass is 32.2. The molecular weight excluding hydrogens is 424 g/mol. The van der Waals surface area contributed by atoms with Crippen LogP contribution in [0.4, 0.5) is 11.4 Å². The maximum atomic E-state index is 12.7. The van der Waals surface area contributed by atoms with Crippen molar-refractivity contribution in [3.63, 3.8) is 0 Å². The zero-order valence-corrected chi connectivity index (χ0v) is 17.5. The Bertz CT molecular complexity index is 980. The van der Waals surface area contributed by atoms with E-state index >= 15 is 0 Å². The third-order valence-electron chi connectivity index (χ3n) is 4.43. The van der Waals surface area contributed by atoms with Crippen molar-refractivity contribution in [3.05, 3.63) is 59.5 Å². The summed E-state index contributed by atoms with van der Waals surface area (Å²) in [5.41, 5.74) is 2.16. The van der Waals surface area contributed by atoms with Gasteiger partial charge >= 0.3 is 0 Å². The number of nitrogens with one attached hydrogen (secondary N) is 3. The fourth-order valence-corrected chi connectivity index (χ4v) is 4.03. The Morgan fingerprint density at radius 2 is 1.65 bits per heavy atom. The summed E-state index contributed by atoms with van der Waals surface area (Å²) >= 11 is 0. The van der Waals surface area contributed by atoms with Gasteiger partial charge in [0.1, 0.15) is 11.7 Å². The molecule has 0 fully saturated rings. The summed E-state index contributed by atoms with van der Waals surface area (Å²) in [5.74, 6) is -1.03. The van der Waals surface area contributed by atoms with Gasteiger partial charge in [-0.3, -0.25) is 14.8 Å². The Labute approximate surface area is 180 Å². The molecule has 2 amide bonds. The number of hydrogen-bond donors (Lipinski definition) is 4. The van der Waals surface area contributed by atoms with Crippen LogP contribution in [-0.2, 0) is 19.6 Å². The average Bonchev–Trinajstić information content (AvgIpc) is 2.78. The maximum Gasteiger partial charge on any atom is 0.243 e. The number of rotatable bonds is 12.